The number of rotatable bonds is 3. The van der Waals surface area contributed by atoms with Gasteiger partial charge in [0, 0.05) is 33.1 Å². The lowest BCUT2D eigenvalue weighted by Crippen LogP contribution is -2.14. The Morgan fingerprint density at radius 2 is 2.00 bits per heavy atom. The zero-order valence-electron chi connectivity index (χ0n) is 10.7. The number of Topliss-reactive ketones (excluding diaryl/α,β-unsaturated/α-hetero) is 1. The molecule has 1 saturated carbocycles. The summed E-state index contributed by atoms with van der Waals surface area (Å²) in [6.07, 6.45) is 3.44. The third-order valence-electron chi connectivity index (χ3n) is 4.06. The average molecular weight is 336 g/mol. The number of H-pyrrole nitrogens is 1. The SMILES string of the molecule is O=C(O)C1CCC(C(=O)c2c[nH]c3ccc(Br)cc23)C1. The second kappa shape index (κ2) is 5.05. The number of carboxylic acid groups (broad SMARTS) is 1. The van der Waals surface area contributed by atoms with E-state index in [0.717, 1.165) is 15.4 Å². The molecule has 0 radical (unpaired) electrons. The van der Waals surface area contributed by atoms with Crippen LogP contribution in [0, 0.1) is 11.8 Å². The first-order chi connectivity index (χ1) is 9.56. The number of aromatic nitrogens is 1. The second-order valence-corrected chi connectivity index (χ2v) is 6.22. The average Bonchev–Trinajstić information content (AvgIpc) is 3.04. The minimum absolute atomic E-state index is 0.0538. The monoisotopic (exact) mass is 335 g/mol. The van der Waals surface area contributed by atoms with E-state index in [0.29, 0.717) is 24.8 Å². The summed E-state index contributed by atoms with van der Waals surface area (Å²) in [6, 6.07) is 5.76. The van der Waals surface area contributed by atoms with Gasteiger partial charge in [0.15, 0.2) is 5.78 Å². The van der Waals surface area contributed by atoms with E-state index in [1.807, 2.05) is 18.2 Å². The van der Waals surface area contributed by atoms with Crippen LogP contribution in [0.25, 0.3) is 10.9 Å². The number of carboxylic acids is 1. The van der Waals surface area contributed by atoms with Crippen LogP contribution in [0.3, 0.4) is 0 Å². The van der Waals surface area contributed by atoms with Gasteiger partial charge in [0.25, 0.3) is 0 Å². The van der Waals surface area contributed by atoms with Crippen molar-refractivity contribution >= 4 is 38.6 Å². The van der Waals surface area contributed by atoms with Crippen LogP contribution in [0.5, 0.6) is 0 Å². The Bertz CT molecular complexity index is 691. The molecule has 1 aliphatic carbocycles. The summed E-state index contributed by atoms with van der Waals surface area (Å²) in [6.45, 7) is 0. The summed E-state index contributed by atoms with van der Waals surface area (Å²) in [5, 5.41) is 9.92. The number of ketones is 1. The minimum atomic E-state index is -0.790. The van der Waals surface area contributed by atoms with E-state index < -0.39 is 5.97 Å². The van der Waals surface area contributed by atoms with Crippen molar-refractivity contribution in [2.75, 3.05) is 0 Å². The predicted octanol–water partition coefficient (Wildman–Crippen LogP) is 3.61. The minimum Gasteiger partial charge on any atom is -0.481 e. The van der Waals surface area contributed by atoms with E-state index in [9.17, 15) is 9.59 Å². The standard InChI is InChI=1S/C15H14BrNO3/c16-10-3-4-13-11(6-10)12(7-17-13)14(18)8-1-2-9(5-8)15(19)20/h3-4,6-9,17H,1-2,5H2,(H,19,20). The van der Waals surface area contributed by atoms with Gasteiger partial charge in [-0.25, -0.2) is 0 Å². The maximum atomic E-state index is 12.6. The second-order valence-electron chi connectivity index (χ2n) is 5.30. The first-order valence-corrected chi connectivity index (χ1v) is 7.39. The number of hydrogen-bond donors (Lipinski definition) is 2. The quantitative estimate of drug-likeness (QED) is 0.841. The van der Waals surface area contributed by atoms with Crippen LogP contribution >= 0.6 is 15.9 Å². The number of aliphatic carboxylic acids is 1. The maximum absolute atomic E-state index is 12.6. The van der Waals surface area contributed by atoms with Crippen LogP contribution in [-0.4, -0.2) is 21.8 Å². The number of halogens is 1. The number of carbonyl (C=O) groups is 2. The van der Waals surface area contributed by atoms with Crippen molar-refractivity contribution in [3.8, 4) is 0 Å². The first kappa shape index (κ1) is 13.4. The lowest BCUT2D eigenvalue weighted by Gasteiger charge is -2.07. The molecule has 3 rings (SSSR count). The van der Waals surface area contributed by atoms with Crippen molar-refractivity contribution in [2.45, 2.75) is 19.3 Å². The van der Waals surface area contributed by atoms with Crippen LogP contribution in [0.2, 0.25) is 0 Å². The Morgan fingerprint density at radius 3 is 2.70 bits per heavy atom. The molecule has 0 saturated heterocycles. The van der Waals surface area contributed by atoms with Gasteiger partial charge in [0.2, 0.25) is 0 Å². The highest BCUT2D eigenvalue weighted by Gasteiger charge is 2.34. The van der Waals surface area contributed by atoms with Gasteiger partial charge in [0.1, 0.15) is 0 Å². The molecule has 0 amide bonds. The molecular weight excluding hydrogens is 322 g/mol. The molecule has 1 aromatic carbocycles. The molecule has 2 N–H and O–H groups in total. The first-order valence-electron chi connectivity index (χ1n) is 6.60. The number of aromatic amines is 1. The van der Waals surface area contributed by atoms with Crippen molar-refractivity contribution in [2.24, 2.45) is 11.8 Å². The Balaban J connectivity index is 1.90. The summed E-state index contributed by atoms with van der Waals surface area (Å²) in [5.41, 5.74) is 1.58. The zero-order chi connectivity index (χ0) is 14.3. The van der Waals surface area contributed by atoms with E-state index in [1.54, 1.807) is 6.20 Å². The van der Waals surface area contributed by atoms with Crippen molar-refractivity contribution in [1.82, 2.24) is 4.98 Å². The number of hydrogen-bond acceptors (Lipinski definition) is 2. The number of benzene rings is 1. The Morgan fingerprint density at radius 1 is 1.25 bits per heavy atom. The van der Waals surface area contributed by atoms with E-state index in [1.165, 1.54) is 0 Å². The van der Waals surface area contributed by atoms with Crippen LogP contribution in [-0.2, 0) is 4.79 Å². The smallest absolute Gasteiger partial charge is 0.306 e. The molecule has 1 aromatic heterocycles. The molecule has 1 heterocycles. The van der Waals surface area contributed by atoms with Crippen molar-refractivity contribution in [1.29, 1.82) is 0 Å². The maximum Gasteiger partial charge on any atom is 0.306 e. The normalized spacial score (nSPS) is 22.2. The van der Waals surface area contributed by atoms with Gasteiger partial charge < -0.3 is 10.1 Å². The zero-order valence-corrected chi connectivity index (χ0v) is 12.3. The van der Waals surface area contributed by atoms with Gasteiger partial charge in [-0.1, -0.05) is 15.9 Å². The molecule has 4 nitrogen and oxygen atoms in total. The van der Waals surface area contributed by atoms with Crippen molar-refractivity contribution in [3.63, 3.8) is 0 Å². The van der Waals surface area contributed by atoms with Gasteiger partial charge in [0.05, 0.1) is 5.92 Å². The van der Waals surface area contributed by atoms with Gasteiger partial charge >= 0.3 is 5.97 Å². The summed E-state index contributed by atoms with van der Waals surface area (Å²) in [4.78, 5) is 26.7. The van der Waals surface area contributed by atoms with E-state index >= 15 is 0 Å². The van der Waals surface area contributed by atoms with E-state index in [-0.39, 0.29) is 17.6 Å². The van der Waals surface area contributed by atoms with Crippen molar-refractivity contribution in [3.05, 3.63) is 34.4 Å². The summed E-state index contributed by atoms with van der Waals surface area (Å²) >= 11 is 3.41. The molecule has 5 heteroatoms. The molecule has 2 aromatic rings. The molecule has 1 fully saturated rings. The molecular formula is C15H14BrNO3. The lowest BCUT2D eigenvalue weighted by atomic mass is 9.95. The highest BCUT2D eigenvalue weighted by molar-refractivity contribution is 9.10. The van der Waals surface area contributed by atoms with Crippen LogP contribution < -0.4 is 0 Å². The third-order valence-corrected chi connectivity index (χ3v) is 4.56. The topological polar surface area (TPSA) is 70.2 Å². The number of fused-ring (bicyclic) bond motifs is 1. The number of nitrogens with one attached hydrogen (secondary N) is 1. The number of carbonyl (C=O) groups excluding carboxylic acids is 1. The molecule has 2 atom stereocenters. The van der Waals surface area contributed by atoms with Gasteiger partial charge in [-0.3, -0.25) is 9.59 Å². The fourth-order valence-corrected chi connectivity index (χ4v) is 3.32. The Labute approximate surface area is 124 Å². The predicted molar refractivity (Wildman–Crippen MR) is 78.8 cm³/mol. The third kappa shape index (κ3) is 2.26. The van der Waals surface area contributed by atoms with Gasteiger partial charge in [-0.05, 0) is 37.5 Å². The Kier molecular flexibility index (Phi) is 3.38. The molecule has 20 heavy (non-hydrogen) atoms. The molecule has 0 bridgehead atoms. The molecule has 0 spiro atoms. The fourth-order valence-electron chi connectivity index (χ4n) is 2.96. The van der Waals surface area contributed by atoms with Crippen LogP contribution in [0.15, 0.2) is 28.9 Å². The highest BCUT2D eigenvalue weighted by Crippen LogP contribution is 2.35. The van der Waals surface area contributed by atoms with E-state index in [2.05, 4.69) is 20.9 Å². The fraction of sp³-hybridized carbons (Fsp3) is 0.333. The lowest BCUT2D eigenvalue weighted by molar-refractivity contribution is -0.141. The van der Waals surface area contributed by atoms with Crippen LogP contribution in [0.4, 0.5) is 0 Å². The van der Waals surface area contributed by atoms with Crippen molar-refractivity contribution < 1.29 is 14.7 Å². The Hall–Kier alpha value is -1.62. The summed E-state index contributed by atoms with van der Waals surface area (Å²) in [5.74, 6) is -1.28. The van der Waals surface area contributed by atoms with Gasteiger partial charge in [-0.15, -0.1) is 0 Å². The molecule has 2 unspecified atom stereocenters. The highest BCUT2D eigenvalue weighted by atomic mass is 79.9. The van der Waals surface area contributed by atoms with E-state index in [4.69, 9.17) is 5.11 Å². The van der Waals surface area contributed by atoms with Crippen LogP contribution in [0.1, 0.15) is 29.6 Å². The molecule has 104 valence electrons. The molecule has 0 aliphatic heterocycles. The summed E-state index contributed by atoms with van der Waals surface area (Å²) < 4.78 is 0.925. The van der Waals surface area contributed by atoms with Gasteiger partial charge in [-0.2, -0.15) is 0 Å². The molecule has 1 aliphatic rings. The summed E-state index contributed by atoms with van der Waals surface area (Å²) in [7, 11) is 0. The largest absolute Gasteiger partial charge is 0.481 e.